The Morgan fingerprint density at radius 1 is 1.53 bits per heavy atom. The molecule has 2 rings (SSSR count). The van der Waals surface area contributed by atoms with Gasteiger partial charge in [-0.15, -0.1) is 0 Å². The van der Waals surface area contributed by atoms with E-state index < -0.39 is 15.1 Å². The first-order chi connectivity index (χ1) is 8.99. The van der Waals surface area contributed by atoms with Crippen molar-refractivity contribution in [2.45, 2.75) is 44.2 Å². The molecule has 7 heteroatoms. The van der Waals surface area contributed by atoms with Crippen LogP contribution in [0.4, 0.5) is 0 Å². The normalized spacial score (nSPS) is 20.9. The van der Waals surface area contributed by atoms with Gasteiger partial charge >= 0.3 is 0 Å². The van der Waals surface area contributed by atoms with E-state index in [1.165, 1.54) is 6.33 Å². The summed E-state index contributed by atoms with van der Waals surface area (Å²) in [6.07, 6.45) is 2.91. The average molecular weight is 287 g/mol. The van der Waals surface area contributed by atoms with Crippen LogP contribution in [0.3, 0.4) is 0 Å². The summed E-state index contributed by atoms with van der Waals surface area (Å²) in [5.74, 6) is 0.883. The van der Waals surface area contributed by atoms with Crippen molar-refractivity contribution in [3.05, 3.63) is 12.2 Å². The summed E-state index contributed by atoms with van der Waals surface area (Å²) >= 11 is 0. The molecule has 1 fully saturated rings. The second-order valence-electron chi connectivity index (χ2n) is 5.40. The molecule has 0 bridgehead atoms. The molecule has 1 aliphatic heterocycles. The van der Waals surface area contributed by atoms with Crippen LogP contribution < -0.4 is 0 Å². The molecule has 0 spiro atoms. The van der Waals surface area contributed by atoms with E-state index in [0.717, 1.165) is 6.42 Å². The van der Waals surface area contributed by atoms with E-state index in [4.69, 9.17) is 4.74 Å². The van der Waals surface area contributed by atoms with Crippen LogP contribution in [0.5, 0.6) is 0 Å². The lowest BCUT2D eigenvalue weighted by atomic mass is 10.2. The van der Waals surface area contributed by atoms with Gasteiger partial charge in [0.25, 0.3) is 0 Å². The zero-order chi connectivity index (χ0) is 13.9. The number of aromatic nitrogens is 3. The molecule has 0 N–H and O–H groups in total. The third-order valence-electron chi connectivity index (χ3n) is 3.19. The van der Waals surface area contributed by atoms with E-state index in [1.54, 1.807) is 4.68 Å². The van der Waals surface area contributed by atoms with E-state index in [0.29, 0.717) is 37.9 Å². The minimum absolute atomic E-state index is 0.0479. The lowest BCUT2D eigenvalue weighted by Crippen LogP contribution is -2.32. The maximum absolute atomic E-state index is 12.3. The molecule has 1 aromatic heterocycles. The molecule has 1 aliphatic rings. The van der Waals surface area contributed by atoms with Crippen molar-refractivity contribution in [3.8, 4) is 0 Å². The van der Waals surface area contributed by atoms with Crippen LogP contribution in [0.25, 0.3) is 0 Å². The maximum Gasteiger partial charge on any atom is 0.162 e. The fraction of sp³-hybridized carbons (Fsp3) is 0.833. The molecule has 1 saturated heterocycles. The predicted molar refractivity (Wildman–Crippen MR) is 71.3 cm³/mol. The first-order valence-electron chi connectivity index (χ1n) is 6.65. The maximum atomic E-state index is 12.3. The van der Waals surface area contributed by atoms with E-state index in [2.05, 4.69) is 23.9 Å². The van der Waals surface area contributed by atoms with Crippen LogP contribution >= 0.6 is 0 Å². The van der Waals surface area contributed by atoms with Crippen LogP contribution in [0, 0.1) is 5.92 Å². The standard InChI is InChI=1S/C12H21N3O3S/c1-10(2)6-15-12(13-9-14-15)8-19(16,17)11-4-3-5-18-7-11/h9-11H,3-8H2,1-2H3/t11-/m0/s1. The first kappa shape index (κ1) is 14.5. The zero-order valence-electron chi connectivity index (χ0n) is 11.4. The quantitative estimate of drug-likeness (QED) is 0.808. The number of hydrogen-bond acceptors (Lipinski definition) is 5. The molecular weight excluding hydrogens is 266 g/mol. The monoisotopic (exact) mass is 287 g/mol. The van der Waals surface area contributed by atoms with Gasteiger partial charge in [0, 0.05) is 13.2 Å². The molecule has 2 heterocycles. The zero-order valence-corrected chi connectivity index (χ0v) is 12.3. The van der Waals surface area contributed by atoms with Crippen molar-refractivity contribution < 1.29 is 13.2 Å². The Kier molecular flexibility index (Phi) is 4.57. The Bertz CT molecular complexity index is 504. The number of hydrogen-bond donors (Lipinski definition) is 0. The van der Waals surface area contributed by atoms with Crippen LogP contribution in [0.2, 0.25) is 0 Å². The highest BCUT2D eigenvalue weighted by molar-refractivity contribution is 7.91. The molecule has 6 nitrogen and oxygen atoms in total. The Morgan fingerprint density at radius 2 is 2.32 bits per heavy atom. The van der Waals surface area contributed by atoms with E-state index in [1.807, 2.05) is 0 Å². The highest BCUT2D eigenvalue weighted by atomic mass is 32.2. The largest absolute Gasteiger partial charge is 0.380 e. The Morgan fingerprint density at radius 3 is 2.95 bits per heavy atom. The van der Waals surface area contributed by atoms with Crippen molar-refractivity contribution in [1.29, 1.82) is 0 Å². The minimum Gasteiger partial charge on any atom is -0.380 e. The van der Waals surface area contributed by atoms with Gasteiger partial charge in [-0.2, -0.15) is 5.10 Å². The molecule has 0 saturated carbocycles. The second-order valence-corrected chi connectivity index (χ2v) is 7.68. The lowest BCUT2D eigenvalue weighted by Gasteiger charge is -2.22. The third kappa shape index (κ3) is 3.76. The molecule has 0 aliphatic carbocycles. The molecule has 0 aromatic carbocycles. The second kappa shape index (κ2) is 6.00. The van der Waals surface area contributed by atoms with Crippen molar-refractivity contribution >= 4 is 9.84 Å². The van der Waals surface area contributed by atoms with Gasteiger partial charge in [-0.25, -0.2) is 18.1 Å². The minimum atomic E-state index is -3.21. The van der Waals surface area contributed by atoms with E-state index >= 15 is 0 Å². The SMILES string of the molecule is CC(C)Cn1ncnc1CS(=O)(=O)[C@H]1CCCOC1. The predicted octanol–water partition coefficient (Wildman–Crippen LogP) is 1.03. The number of rotatable bonds is 5. The van der Waals surface area contributed by atoms with Gasteiger partial charge in [0.05, 0.1) is 11.9 Å². The smallest absolute Gasteiger partial charge is 0.162 e. The fourth-order valence-corrected chi connectivity index (χ4v) is 3.84. The molecule has 108 valence electrons. The summed E-state index contributed by atoms with van der Waals surface area (Å²) in [4.78, 5) is 4.08. The van der Waals surface area contributed by atoms with Gasteiger partial charge in [0.1, 0.15) is 17.9 Å². The Balaban J connectivity index is 2.09. The summed E-state index contributed by atoms with van der Waals surface area (Å²) in [5.41, 5.74) is 0. The molecule has 19 heavy (non-hydrogen) atoms. The van der Waals surface area contributed by atoms with E-state index in [9.17, 15) is 8.42 Å². The molecular formula is C12H21N3O3S. The fourth-order valence-electron chi connectivity index (χ4n) is 2.19. The highest BCUT2D eigenvalue weighted by Gasteiger charge is 2.29. The number of ether oxygens (including phenoxy) is 1. The number of sulfone groups is 1. The van der Waals surface area contributed by atoms with Gasteiger partial charge in [0.2, 0.25) is 0 Å². The molecule has 1 aromatic rings. The number of nitrogens with zero attached hydrogens (tertiary/aromatic N) is 3. The highest BCUT2D eigenvalue weighted by Crippen LogP contribution is 2.18. The van der Waals surface area contributed by atoms with Gasteiger partial charge in [0.15, 0.2) is 9.84 Å². The van der Waals surface area contributed by atoms with Crippen LogP contribution in [-0.2, 0) is 26.9 Å². The topological polar surface area (TPSA) is 74.1 Å². The van der Waals surface area contributed by atoms with Crippen LogP contribution in [0.15, 0.2) is 6.33 Å². The van der Waals surface area contributed by atoms with Crippen LogP contribution in [-0.4, -0.2) is 41.6 Å². The average Bonchev–Trinajstić information content (AvgIpc) is 2.76. The summed E-state index contributed by atoms with van der Waals surface area (Å²) in [7, 11) is -3.21. The van der Waals surface area contributed by atoms with Crippen molar-refractivity contribution in [2.75, 3.05) is 13.2 Å². The summed E-state index contributed by atoms with van der Waals surface area (Å²) in [5, 5.41) is 3.70. The third-order valence-corrected chi connectivity index (χ3v) is 5.24. The Hall–Kier alpha value is -0.950. The molecule has 0 unspecified atom stereocenters. The van der Waals surface area contributed by atoms with Gasteiger partial charge in [-0.1, -0.05) is 13.8 Å². The molecule has 0 radical (unpaired) electrons. The van der Waals surface area contributed by atoms with Crippen molar-refractivity contribution in [2.24, 2.45) is 5.92 Å². The van der Waals surface area contributed by atoms with Gasteiger partial charge in [-0.05, 0) is 18.8 Å². The molecule has 1 atom stereocenters. The van der Waals surface area contributed by atoms with Crippen molar-refractivity contribution in [3.63, 3.8) is 0 Å². The lowest BCUT2D eigenvalue weighted by molar-refractivity contribution is 0.0990. The van der Waals surface area contributed by atoms with Gasteiger partial charge < -0.3 is 4.74 Å². The van der Waals surface area contributed by atoms with E-state index in [-0.39, 0.29) is 5.75 Å². The van der Waals surface area contributed by atoms with Crippen molar-refractivity contribution in [1.82, 2.24) is 14.8 Å². The summed E-state index contributed by atoms with van der Waals surface area (Å²) in [6.45, 7) is 5.78. The molecule has 0 amide bonds. The summed E-state index contributed by atoms with van der Waals surface area (Å²) in [6, 6.07) is 0. The van der Waals surface area contributed by atoms with Gasteiger partial charge in [-0.3, -0.25) is 0 Å². The summed E-state index contributed by atoms with van der Waals surface area (Å²) < 4.78 is 31.6. The van der Waals surface area contributed by atoms with Crippen LogP contribution in [0.1, 0.15) is 32.5 Å². The first-order valence-corrected chi connectivity index (χ1v) is 8.36. The Labute approximate surface area is 114 Å².